The van der Waals surface area contributed by atoms with E-state index in [-0.39, 0.29) is 0 Å². The van der Waals surface area contributed by atoms with E-state index in [4.69, 9.17) is 5.26 Å². The summed E-state index contributed by atoms with van der Waals surface area (Å²) in [4.78, 5) is 3.93. The van der Waals surface area contributed by atoms with E-state index in [1.54, 1.807) is 17.1 Å². The quantitative estimate of drug-likeness (QED) is 0.730. The SMILES string of the molecule is [CH2]c1ncn(Cc2ccccc2C#N)n1. The average molecular weight is 197 g/mol. The van der Waals surface area contributed by atoms with Crippen LogP contribution in [-0.4, -0.2) is 14.8 Å². The first-order chi connectivity index (χ1) is 7.29. The zero-order chi connectivity index (χ0) is 10.7. The molecule has 1 aromatic carbocycles. The van der Waals surface area contributed by atoms with Gasteiger partial charge in [-0.05, 0) is 11.6 Å². The largest absolute Gasteiger partial charge is 0.248 e. The number of nitrogens with zero attached hydrogens (tertiary/aromatic N) is 4. The molecular weight excluding hydrogens is 188 g/mol. The van der Waals surface area contributed by atoms with Crippen LogP contribution in [0.15, 0.2) is 30.6 Å². The van der Waals surface area contributed by atoms with Gasteiger partial charge in [0.25, 0.3) is 0 Å². The number of hydrogen-bond acceptors (Lipinski definition) is 3. The highest BCUT2D eigenvalue weighted by Gasteiger charge is 2.02. The van der Waals surface area contributed by atoms with Gasteiger partial charge in [0.15, 0.2) is 5.82 Å². The molecule has 0 aliphatic heterocycles. The van der Waals surface area contributed by atoms with Crippen molar-refractivity contribution in [3.8, 4) is 6.07 Å². The lowest BCUT2D eigenvalue weighted by Crippen LogP contribution is -2.02. The molecule has 2 rings (SSSR count). The van der Waals surface area contributed by atoms with Gasteiger partial charge in [0.05, 0.1) is 18.2 Å². The van der Waals surface area contributed by atoms with Crippen LogP contribution < -0.4 is 0 Å². The molecule has 0 aliphatic carbocycles. The minimum Gasteiger partial charge on any atom is -0.248 e. The fraction of sp³-hybridized carbons (Fsp3) is 0.0909. The van der Waals surface area contributed by atoms with Gasteiger partial charge in [-0.15, -0.1) is 0 Å². The highest BCUT2D eigenvalue weighted by molar-refractivity contribution is 5.37. The Morgan fingerprint density at radius 3 is 2.87 bits per heavy atom. The topological polar surface area (TPSA) is 54.5 Å². The van der Waals surface area contributed by atoms with Gasteiger partial charge in [-0.3, -0.25) is 0 Å². The molecule has 0 spiro atoms. The molecular formula is C11H9N4. The molecule has 0 saturated heterocycles. The summed E-state index contributed by atoms with van der Waals surface area (Å²) in [5.74, 6) is 0.490. The van der Waals surface area contributed by atoms with Crippen molar-refractivity contribution in [1.82, 2.24) is 14.8 Å². The third-order valence-electron chi connectivity index (χ3n) is 2.05. The van der Waals surface area contributed by atoms with Gasteiger partial charge in [-0.1, -0.05) is 18.2 Å². The highest BCUT2D eigenvalue weighted by Crippen LogP contribution is 2.08. The van der Waals surface area contributed by atoms with E-state index >= 15 is 0 Å². The van der Waals surface area contributed by atoms with Crippen molar-refractivity contribution < 1.29 is 0 Å². The maximum absolute atomic E-state index is 8.89. The van der Waals surface area contributed by atoms with E-state index in [1.807, 2.05) is 18.2 Å². The number of nitriles is 1. The molecule has 2 aromatic rings. The summed E-state index contributed by atoms with van der Waals surface area (Å²) in [6.07, 6.45) is 1.61. The van der Waals surface area contributed by atoms with E-state index in [1.165, 1.54) is 0 Å². The van der Waals surface area contributed by atoms with E-state index < -0.39 is 0 Å². The van der Waals surface area contributed by atoms with Crippen LogP contribution in [0.3, 0.4) is 0 Å². The molecule has 0 amide bonds. The Kier molecular flexibility index (Phi) is 2.46. The number of hydrogen-bond donors (Lipinski definition) is 0. The summed E-state index contributed by atoms with van der Waals surface area (Å²) in [6.45, 7) is 4.17. The van der Waals surface area contributed by atoms with Crippen molar-refractivity contribution in [2.24, 2.45) is 0 Å². The van der Waals surface area contributed by atoms with Gasteiger partial charge in [-0.2, -0.15) is 10.4 Å². The number of rotatable bonds is 2. The van der Waals surface area contributed by atoms with E-state index in [0.29, 0.717) is 17.9 Å². The predicted molar refractivity (Wildman–Crippen MR) is 54.7 cm³/mol. The molecule has 4 heteroatoms. The van der Waals surface area contributed by atoms with Gasteiger partial charge in [0.2, 0.25) is 0 Å². The van der Waals surface area contributed by atoms with E-state index in [0.717, 1.165) is 5.56 Å². The molecule has 73 valence electrons. The Morgan fingerprint density at radius 2 is 2.20 bits per heavy atom. The van der Waals surface area contributed by atoms with Crippen LogP contribution in [0.5, 0.6) is 0 Å². The third kappa shape index (κ3) is 2.02. The van der Waals surface area contributed by atoms with Gasteiger partial charge >= 0.3 is 0 Å². The van der Waals surface area contributed by atoms with Crippen molar-refractivity contribution in [1.29, 1.82) is 5.26 Å². The molecule has 0 unspecified atom stereocenters. The lowest BCUT2D eigenvalue weighted by Gasteiger charge is -2.02. The van der Waals surface area contributed by atoms with E-state index in [2.05, 4.69) is 23.1 Å². The van der Waals surface area contributed by atoms with Crippen LogP contribution in [0.25, 0.3) is 0 Å². The first-order valence-corrected chi connectivity index (χ1v) is 4.49. The summed E-state index contributed by atoms with van der Waals surface area (Å²) in [5, 5.41) is 13.0. The fourth-order valence-electron chi connectivity index (χ4n) is 1.35. The minimum absolute atomic E-state index is 0.490. The molecule has 0 saturated carbocycles. The van der Waals surface area contributed by atoms with Crippen molar-refractivity contribution in [2.75, 3.05) is 0 Å². The van der Waals surface area contributed by atoms with Crippen LogP contribution in [-0.2, 0) is 6.54 Å². The minimum atomic E-state index is 0.490. The molecule has 15 heavy (non-hydrogen) atoms. The lowest BCUT2D eigenvalue weighted by atomic mass is 10.1. The molecule has 0 bridgehead atoms. The Hall–Kier alpha value is -2.15. The average Bonchev–Trinajstić information content (AvgIpc) is 2.65. The van der Waals surface area contributed by atoms with Crippen molar-refractivity contribution in [2.45, 2.75) is 6.54 Å². The second-order valence-electron chi connectivity index (χ2n) is 3.13. The Balaban J connectivity index is 2.28. The van der Waals surface area contributed by atoms with Crippen molar-refractivity contribution in [3.63, 3.8) is 0 Å². The Labute approximate surface area is 87.8 Å². The smallest absolute Gasteiger partial charge is 0.151 e. The summed E-state index contributed by atoms with van der Waals surface area (Å²) < 4.78 is 1.67. The van der Waals surface area contributed by atoms with Gasteiger partial charge in [0.1, 0.15) is 6.33 Å². The molecule has 1 heterocycles. The molecule has 0 N–H and O–H groups in total. The summed E-state index contributed by atoms with van der Waals surface area (Å²) in [6, 6.07) is 9.58. The highest BCUT2D eigenvalue weighted by atomic mass is 15.3. The zero-order valence-corrected chi connectivity index (χ0v) is 8.09. The first-order valence-electron chi connectivity index (χ1n) is 4.49. The number of benzene rings is 1. The maximum atomic E-state index is 8.89. The van der Waals surface area contributed by atoms with Crippen LogP contribution in [0, 0.1) is 18.3 Å². The normalized spacial score (nSPS) is 9.87. The molecule has 1 aromatic heterocycles. The van der Waals surface area contributed by atoms with Crippen LogP contribution in [0.2, 0.25) is 0 Å². The monoisotopic (exact) mass is 197 g/mol. The van der Waals surface area contributed by atoms with E-state index in [9.17, 15) is 0 Å². The molecule has 4 nitrogen and oxygen atoms in total. The fourth-order valence-corrected chi connectivity index (χ4v) is 1.35. The summed E-state index contributed by atoms with van der Waals surface area (Å²) in [7, 11) is 0. The Morgan fingerprint density at radius 1 is 1.40 bits per heavy atom. The Bertz CT molecular complexity index is 507. The van der Waals surface area contributed by atoms with Gasteiger partial charge in [-0.25, -0.2) is 9.67 Å². The molecule has 1 radical (unpaired) electrons. The molecule has 0 atom stereocenters. The van der Waals surface area contributed by atoms with Crippen molar-refractivity contribution >= 4 is 0 Å². The van der Waals surface area contributed by atoms with Crippen molar-refractivity contribution in [3.05, 3.63) is 54.5 Å². The molecule has 0 aliphatic rings. The molecule has 0 fully saturated rings. The standard InChI is InChI=1S/C11H9N4/c1-9-13-8-15(14-9)7-11-5-3-2-4-10(11)6-12/h2-5,8H,1,7H2. The summed E-state index contributed by atoms with van der Waals surface area (Å²) >= 11 is 0. The van der Waals surface area contributed by atoms with Crippen LogP contribution >= 0.6 is 0 Å². The third-order valence-corrected chi connectivity index (χ3v) is 2.05. The maximum Gasteiger partial charge on any atom is 0.151 e. The predicted octanol–water partition coefficient (Wildman–Crippen LogP) is 1.38. The first kappa shape index (κ1) is 9.41. The lowest BCUT2D eigenvalue weighted by molar-refractivity contribution is 0.680. The van der Waals surface area contributed by atoms with Gasteiger partial charge in [0, 0.05) is 6.92 Å². The van der Waals surface area contributed by atoms with Crippen LogP contribution in [0.4, 0.5) is 0 Å². The summed E-state index contributed by atoms with van der Waals surface area (Å²) in [5.41, 5.74) is 1.60. The van der Waals surface area contributed by atoms with Crippen LogP contribution in [0.1, 0.15) is 17.0 Å². The zero-order valence-electron chi connectivity index (χ0n) is 8.09. The van der Waals surface area contributed by atoms with Gasteiger partial charge < -0.3 is 0 Å². The number of aromatic nitrogens is 3. The second-order valence-corrected chi connectivity index (χ2v) is 3.13. The second kappa shape index (κ2) is 3.93.